The summed E-state index contributed by atoms with van der Waals surface area (Å²) in [6.45, 7) is 2.05. The van der Waals surface area contributed by atoms with E-state index in [1.165, 1.54) is 6.07 Å². The Morgan fingerprint density at radius 1 is 1.35 bits per heavy atom. The highest BCUT2D eigenvalue weighted by atomic mass is 32.2. The minimum Gasteiger partial charge on any atom is -0.331 e. The van der Waals surface area contributed by atoms with Crippen molar-refractivity contribution in [3.05, 3.63) is 53.5 Å². The Hall–Kier alpha value is -1.95. The Morgan fingerprint density at radius 2 is 2.15 bits per heavy atom. The molecule has 6 heteroatoms. The van der Waals surface area contributed by atoms with Gasteiger partial charge in [0.2, 0.25) is 0 Å². The molecule has 0 radical (unpaired) electrons. The number of benzene rings is 1. The van der Waals surface area contributed by atoms with E-state index in [0.717, 1.165) is 0 Å². The van der Waals surface area contributed by atoms with Gasteiger partial charge >= 0.3 is 0 Å². The average Bonchev–Trinajstić information content (AvgIpc) is 2.40. The Balaban J connectivity index is 2.12. The second-order valence-corrected chi connectivity index (χ2v) is 6.53. The molecule has 0 amide bonds. The third-order valence-electron chi connectivity index (χ3n) is 3.34. The largest absolute Gasteiger partial charge is 0.331 e. The van der Waals surface area contributed by atoms with Gasteiger partial charge in [0, 0.05) is 18.3 Å². The van der Waals surface area contributed by atoms with Crippen LogP contribution in [0.4, 0.5) is 4.39 Å². The standard InChI is InChI=1S/C14H13FN2O2S/c1-10-4-5-11(9-13(10)15)12-3-2-6-17-7-8-20(18,19)16-14(12)17/h2-6,9H,7-8H2,1H3. The van der Waals surface area contributed by atoms with Gasteiger partial charge in [0.25, 0.3) is 10.0 Å². The fourth-order valence-electron chi connectivity index (χ4n) is 2.20. The molecule has 0 aromatic heterocycles. The molecule has 2 aliphatic rings. The number of sulfonamides is 1. The molecule has 0 bridgehead atoms. The van der Waals surface area contributed by atoms with Gasteiger partial charge in [-0.15, -0.1) is 4.40 Å². The van der Waals surface area contributed by atoms with Crippen molar-refractivity contribution < 1.29 is 12.8 Å². The molecule has 3 rings (SSSR count). The van der Waals surface area contributed by atoms with E-state index in [9.17, 15) is 12.8 Å². The van der Waals surface area contributed by atoms with E-state index in [1.807, 2.05) is 6.08 Å². The molecule has 0 atom stereocenters. The number of fused-ring (bicyclic) bond motifs is 1. The lowest BCUT2D eigenvalue weighted by atomic mass is 10.0. The number of halogens is 1. The third-order valence-corrected chi connectivity index (χ3v) is 4.49. The van der Waals surface area contributed by atoms with Crippen molar-refractivity contribution >= 4 is 21.4 Å². The van der Waals surface area contributed by atoms with Crippen molar-refractivity contribution in [2.75, 3.05) is 12.3 Å². The summed E-state index contributed by atoms with van der Waals surface area (Å²) < 4.78 is 40.8. The van der Waals surface area contributed by atoms with Crippen LogP contribution in [0.3, 0.4) is 0 Å². The molecule has 0 unspecified atom stereocenters. The molecular formula is C14H13FN2O2S. The average molecular weight is 292 g/mol. The van der Waals surface area contributed by atoms with E-state index in [2.05, 4.69) is 4.40 Å². The van der Waals surface area contributed by atoms with E-state index in [4.69, 9.17) is 0 Å². The summed E-state index contributed by atoms with van der Waals surface area (Å²) in [6, 6.07) is 4.85. The van der Waals surface area contributed by atoms with E-state index >= 15 is 0 Å². The molecule has 1 aromatic rings. The second kappa shape index (κ2) is 4.56. The van der Waals surface area contributed by atoms with Gasteiger partial charge in [-0.1, -0.05) is 12.1 Å². The summed E-state index contributed by atoms with van der Waals surface area (Å²) in [4.78, 5) is 1.77. The van der Waals surface area contributed by atoms with Crippen molar-refractivity contribution in [3.63, 3.8) is 0 Å². The first-order chi connectivity index (χ1) is 9.46. The second-order valence-electron chi connectivity index (χ2n) is 4.78. The Labute approximate surface area is 117 Å². The molecule has 1 aromatic carbocycles. The Bertz CT molecular complexity index is 763. The number of rotatable bonds is 1. The van der Waals surface area contributed by atoms with Gasteiger partial charge < -0.3 is 4.90 Å². The van der Waals surface area contributed by atoms with Gasteiger partial charge in [0.05, 0.1) is 5.75 Å². The summed E-state index contributed by atoms with van der Waals surface area (Å²) >= 11 is 0. The highest BCUT2D eigenvalue weighted by Crippen LogP contribution is 2.26. The molecule has 4 nitrogen and oxygen atoms in total. The van der Waals surface area contributed by atoms with Crippen molar-refractivity contribution in [2.45, 2.75) is 6.92 Å². The van der Waals surface area contributed by atoms with Crippen molar-refractivity contribution in [2.24, 2.45) is 4.40 Å². The predicted molar refractivity (Wildman–Crippen MR) is 76.2 cm³/mol. The quantitative estimate of drug-likeness (QED) is 0.796. The van der Waals surface area contributed by atoms with E-state index < -0.39 is 10.0 Å². The first-order valence-corrected chi connectivity index (χ1v) is 7.82. The number of allylic oxidation sites excluding steroid dienone is 2. The summed E-state index contributed by atoms with van der Waals surface area (Å²) in [5.74, 6) is 0.0434. The molecular weight excluding hydrogens is 279 g/mol. The molecule has 0 saturated carbocycles. The maximum absolute atomic E-state index is 13.7. The lowest BCUT2D eigenvalue weighted by Gasteiger charge is -2.29. The highest BCUT2D eigenvalue weighted by molar-refractivity contribution is 7.90. The molecule has 0 saturated heterocycles. The first kappa shape index (κ1) is 13.1. The van der Waals surface area contributed by atoms with Crippen LogP contribution >= 0.6 is 0 Å². The zero-order valence-corrected chi connectivity index (χ0v) is 11.7. The van der Waals surface area contributed by atoms with Crippen molar-refractivity contribution in [1.82, 2.24) is 4.90 Å². The highest BCUT2D eigenvalue weighted by Gasteiger charge is 2.27. The van der Waals surface area contributed by atoms with Gasteiger partial charge in [-0.05, 0) is 36.3 Å². The SMILES string of the molecule is Cc1ccc(C2=CC=CN3CCS(=O)(=O)N=C23)cc1F. The lowest BCUT2D eigenvalue weighted by molar-refractivity contribution is 0.550. The van der Waals surface area contributed by atoms with Crippen LogP contribution in [0.5, 0.6) is 0 Å². The summed E-state index contributed by atoms with van der Waals surface area (Å²) in [6.07, 6.45) is 5.34. The number of hydrogen-bond donors (Lipinski definition) is 0. The normalized spacial score (nSPS) is 20.2. The summed E-state index contributed by atoms with van der Waals surface area (Å²) in [7, 11) is -3.43. The van der Waals surface area contributed by atoms with Gasteiger partial charge in [0.1, 0.15) is 5.82 Å². The van der Waals surface area contributed by atoms with E-state index in [-0.39, 0.29) is 11.6 Å². The van der Waals surface area contributed by atoms with E-state index in [1.54, 1.807) is 36.2 Å². The molecule has 0 aliphatic carbocycles. The minimum absolute atomic E-state index is 0.00359. The zero-order chi connectivity index (χ0) is 14.3. The minimum atomic E-state index is -3.43. The maximum atomic E-state index is 13.7. The van der Waals surface area contributed by atoms with Crippen LogP contribution in [0, 0.1) is 12.7 Å². The summed E-state index contributed by atoms with van der Waals surface area (Å²) in [5.41, 5.74) is 1.80. The molecule has 104 valence electrons. The third kappa shape index (κ3) is 2.27. The molecule has 2 aliphatic heterocycles. The van der Waals surface area contributed by atoms with Crippen LogP contribution in [0.2, 0.25) is 0 Å². The monoisotopic (exact) mass is 292 g/mol. The van der Waals surface area contributed by atoms with Gasteiger partial charge in [-0.3, -0.25) is 0 Å². The number of aryl methyl sites for hydroxylation is 1. The van der Waals surface area contributed by atoms with Crippen LogP contribution in [0.15, 0.2) is 40.9 Å². The van der Waals surface area contributed by atoms with Gasteiger partial charge in [-0.25, -0.2) is 12.8 Å². The van der Waals surface area contributed by atoms with Crippen LogP contribution < -0.4 is 0 Å². The van der Waals surface area contributed by atoms with E-state index in [0.29, 0.717) is 29.1 Å². The molecule has 2 heterocycles. The predicted octanol–water partition coefficient (Wildman–Crippen LogP) is 2.09. The molecule has 0 spiro atoms. The number of nitrogens with zero attached hydrogens (tertiary/aromatic N) is 2. The van der Waals surface area contributed by atoms with Gasteiger partial charge in [-0.2, -0.15) is 0 Å². The van der Waals surface area contributed by atoms with Crippen LogP contribution in [-0.4, -0.2) is 31.5 Å². The van der Waals surface area contributed by atoms with Crippen LogP contribution in [0.1, 0.15) is 11.1 Å². The molecule has 0 N–H and O–H groups in total. The Kier molecular flexibility index (Phi) is 2.97. The lowest BCUT2D eigenvalue weighted by Crippen LogP contribution is -2.37. The maximum Gasteiger partial charge on any atom is 0.256 e. The summed E-state index contributed by atoms with van der Waals surface area (Å²) in [5, 5.41) is 0. The smallest absolute Gasteiger partial charge is 0.256 e. The van der Waals surface area contributed by atoms with Crippen molar-refractivity contribution in [3.8, 4) is 0 Å². The molecule has 0 fully saturated rings. The van der Waals surface area contributed by atoms with Crippen molar-refractivity contribution in [1.29, 1.82) is 0 Å². The van der Waals surface area contributed by atoms with Crippen LogP contribution in [-0.2, 0) is 10.0 Å². The topological polar surface area (TPSA) is 49.7 Å². The first-order valence-electron chi connectivity index (χ1n) is 6.21. The number of amidine groups is 1. The van der Waals surface area contributed by atoms with Gasteiger partial charge in [0.15, 0.2) is 5.84 Å². The van der Waals surface area contributed by atoms with Crippen LogP contribution in [0.25, 0.3) is 5.57 Å². The fraction of sp³-hybridized carbons (Fsp3) is 0.214. The fourth-order valence-corrected chi connectivity index (χ4v) is 3.19. The number of hydrogen-bond acceptors (Lipinski definition) is 3. The Morgan fingerprint density at radius 3 is 2.90 bits per heavy atom. The molecule has 20 heavy (non-hydrogen) atoms. The zero-order valence-electron chi connectivity index (χ0n) is 10.9.